The van der Waals surface area contributed by atoms with Gasteiger partial charge in [-0.15, -0.1) is 0 Å². The van der Waals surface area contributed by atoms with Crippen LogP contribution in [0.1, 0.15) is 33.9 Å². The number of anilines is 1. The van der Waals surface area contributed by atoms with Crippen LogP contribution < -0.4 is 11.0 Å². The molecule has 1 amide bonds. The van der Waals surface area contributed by atoms with Gasteiger partial charge >= 0.3 is 5.69 Å². The molecule has 27 heavy (non-hydrogen) atoms. The van der Waals surface area contributed by atoms with Crippen LogP contribution in [0.2, 0.25) is 18.1 Å². The fraction of sp³-hybridized carbons (Fsp3) is 0.706. The Labute approximate surface area is 159 Å². The number of hydrogen-bond acceptors (Lipinski definition) is 7. The van der Waals surface area contributed by atoms with Gasteiger partial charge in [0.25, 0.3) is 0 Å². The number of ether oxygens (including phenoxy) is 1. The third-order valence-electron chi connectivity index (χ3n) is 5.14. The summed E-state index contributed by atoms with van der Waals surface area (Å²) in [6, 6.07) is 1.47. The van der Waals surface area contributed by atoms with E-state index in [0.29, 0.717) is 0 Å². The molecule has 10 heteroatoms. The van der Waals surface area contributed by atoms with E-state index < -0.39 is 45.2 Å². The molecule has 1 saturated heterocycles. The Balaban J connectivity index is 2.38. The van der Waals surface area contributed by atoms with Gasteiger partial charge in [-0.25, -0.2) is 4.79 Å². The molecule has 0 aromatic carbocycles. The van der Waals surface area contributed by atoms with Crippen molar-refractivity contribution in [2.75, 3.05) is 11.9 Å². The van der Waals surface area contributed by atoms with Crippen molar-refractivity contribution in [3.05, 3.63) is 22.7 Å². The highest BCUT2D eigenvalue weighted by atomic mass is 28.4. The van der Waals surface area contributed by atoms with Gasteiger partial charge in [-0.05, 0) is 24.2 Å². The number of rotatable bonds is 5. The molecule has 0 saturated carbocycles. The number of aromatic nitrogens is 2. The molecular weight excluding hydrogens is 370 g/mol. The largest absolute Gasteiger partial charge is 0.407 e. The molecule has 9 nitrogen and oxygen atoms in total. The van der Waals surface area contributed by atoms with Gasteiger partial charge < -0.3 is 24.7 Å². The van der Waals surface area contributed by atoms with Gasteiger partial charge in [0.2, 0.25) is 5.91 Å². The number of carbonyl (C=O) groups excluding carboxylic acids is 1. The first kappa shape index (κ1) is 21.7. The van der Waals surface area contributed by atoms with Gasteiger partial charge in [0, 0.05) is 13.1 Å². The summed E-state index contributed by atoms with van der Waals surface area (Å²) < 4.78 is 13.2. The summed E-state index contributed by atoms with van der Waals surface area (Å²) in [7, 11) is -2.29. The van der Waals surface area contributed by atoms with Gasteiger partial charge in [-0.2, -0.15) is 4.98 Å². The zero-order valence-corrected chi connectivity index (χ0v) is 17.6. The standard InChI is InChI=1S/C17H29N3O6Si/c1-10(22)18-12-7-8-20(16(24)19-12)15-14(13(23)11(9-21)25-15)26-27(5,6)17(2,3)4/h7-8,11,13-15,21,23H,9H2,1-6H3,(H,18,19,22,24). The number of nitrogens with zero attached hydrogens (tertiary/aromatic N) is 2. The van der Waals surface area contributed by atoms with Crippen molar-refractivity contribution in [1.29, 1.82) is 0 Å². The Morgan fingerprint density at radius 2 is 2.07 bits per heavy atom. The molecule has 0 radical (unpaired) electrons. The molecule has 1 aromatic heterocycles. The average Bonchev–Trinajstić information content (AvgIpc) is 2.82. The molecule has 1 aliphatic rings. The summed E-state index contributed by atoms with van der Waals surface area (Å²) >= 11 is 0. The topological polar surface area (TPSA) is 123 Å². The van der Waals surface area contributed by atoms with Crippen LogP contribution in [0.5, 0.6) is 0 Å². The predicted molar refractivity (Wildman–Crippen MR) is 102 cm³/mol. The summed E-state index contributed by atoms with van der Waals surface area (Å²) in [6.07, 6.45) is -2.28. The van der Waals surface area contributed by atoms with Crippen molar-refractivity contribution < 1.29 is 24.2 Å². The molecule has 0 aliphatic carbocycles. The number of aliphatic hydroxyl groups is 2. The minimum Gasteiger partial charge on any atom is -0.407 e. The van der Waals surface area contributed by atoms with E-state index in [1.54, 1.807) is 0 Å². The van der Waals surface area contributed by atoms with Gasteiger partial charge in [0.1, 0.15) is 24.1 Å². The van der Waals surface area contributed by atoms with Crippen molar-refractivity contribution in [3.8, 4) is 0 Å². The highest BCUT2D eigenvalue weighted by Crippen LogP contribution is 2.41. The Morgan fingerprint density at radius 3 is 2.56 bits per heavy atom. The number of carbonyl (C=O) groups is 1. The Bertz CT molecular complexity index is 745. The molecule has 0 bridgehead atoms. The predicted octanol–water partition coefficient (Wildman–Crippen LogP) is 0.843. The van der Waals surface area contributed by atoms with E-state index >= 15 is 0 Å². The van der Waals surface area contributed by atoms with Crippen molar-refractivity contribution in [1.82, 2.24) is 9.55 Å². The quantitative estimate of drug-likeness (QED) is 0.627. The molecule has 2 rings (SSSR count). The second-order valence-electron chi connectivity index (χ2n) is 8.26. The molecule has 2 heterocycles. The maximum absolute atomic E-state index is 12.5. The van der Waals surface area contributed by atoms with Crippen LogP contribution in [0.15, 0.2) is 17.1 Å². The molecule has 4 unspecified atom stereocenters. The van der Waals surface area contributed by atoms with E-state index in [1.165, 1.54) is 23.8 Å². The average molecular weight is 400 g/mol. The monoisotopic (exact) mass is 399 g/mol. The van der Waals surface area contributed by atoms with Crippen LogP contribution in [0.25, 0.3) is 0 Å². The third kappa shape index (κ3) is 4.64. The lowest BCUT2D eigenvalue weighted by Crippen LogP contribution is -2.49. The molecule has 1 aliphatic heterocycles. The van der Waals surface area contributed by atoms with Gasteiger partial charge in [-0.3, -0.25) is 9.36 Å². The normalized spacial score (nSPS) is 26.2. The Kier molecular flexibility index (Phi) is 6.27. The molecule has 0 spiro atoms. The highest BCUT2D eigenvalue weighted by Gasteiger charge is 2.50. The number of amides is 1. The molecule has 1 fully saturated rings. The summed E-state index contributed by atoms with van der Waals surface area (Å²) in [5, 5.41) is 22.4. The van der Waals surface area contributed by atoms with E-state index in [-0.39, 0.29) is 16.8 Å². The summed E-state index contributed by atoms with van der Waals surface area (Å²) in [6.45, 7) is 11.2. The molecule has 1 aromatic rings. The smallest absolute Gasteiger partial charge is 0.351 e. The first-order chi connectivity index (χ1) is 12.4. The number of aliphatic hydroxyl groups excluding tert-OH is 2. The Hall–Kier alpha value is -1.59. The van der Waals surface area contributed by atoms with E-state index in [9.17, 15) is 19.8 Å². The molecule has 3 N–H and O–H groups in total. The highest BCUT2D eigenvalue weighted by molar-refractivity contribution is 6.74. The summed E-state index contributed by atoms with van der Waals surface area (Å²) in [5.74, 6) is -0.213. The minimum absolute atomic E-state index is 0.118. The maximum Gasteiger partial charge on any atom is 0.351 e. The van der Waals surface area contributed by atoms with E-state index in [2.05, 4.69) is 31.1 Å². The fourth-order valence-corrected chi connectivity index (χ4v) is 3.88. The summed E-state index contributed by atoms with van der Waals surface area (Å²) in [4.78, 5) is 27.4. The second kappa shape index (κ2) is 7.80. The van der Waals surface area contributed by atoms with Crippen LogP contribution in [-0.2, 0) is 14.0 Å². The summed E-state index contributed by atoms with van der Waals surface area (Å²) in [5.41, 5.74) is -0.652. The van der Waals surface area contributed by atoms with Crippen LogP contribution in [0, 0.1) is 0 Å². The lowest BCUT2D eigenvalue weighted by Gasteiger charge is -2.40. The fourth-order valence-electron chi connectivity index (χ4n) is 2.59. The van der Waals surface area contributed by atoms with Gasteiger partial charge in [0.15, 0.2) is 14.5 Å². The van der Waals surface area contributed by atoms with E-state index in [4.69, 9.17) is 9.16 Å². The second-order valence-corrected chi connectivity index (χ2v) is 13.0. The van der Waals surface area contributed by atoms with Crippen LogP contribution >= 0.6 is 0 Å². The van der Waals surface area contributed by atoms with Gasteiger partial charge in [0.05, 0.1) is 6.61 Å². The van der Waals surface area contributed by atoms with Crippen LogP contribution in [-0.4, -0.2) is 58.9 Å². The van der Waals surface area contributed by atoms with Crippen molar-refractivity contribution in [3.63, 3.8) is 0 Å². The first-order valence-electron chi connectivity index (χ1n) is 8.86. The zero-order chi connectivity index (χ0) is 20.6. The maximum atomic E-state index is 12.5. The molecule has 152 valence electrons. The Morgan fingerprint density at radius 1 is 1.44 bits per heavy atom. The number of nitrogens with one attached hydrogen (secondary N) is 1. The van der Waals surface area contributed by atoms with E-state index in [1.807, 2.05) is 13.1 Å². The lowest BCUT2D eigenvalue weighted by atomic mass is 10.1. The van der Waals surface area contributed by atoms with Gasteiger partial charge in [-0.1, -0.05) is 20.8 Å². The lowest BCUT2D eigenvalue weighted by molar-refractivity contribution is -0.114. The van der Waals surface area contributed by atoms with E-state index in [0.717, 1.165) is 0 Å². The van der Waals surface area contributed by atoms with Crippen LogP contribution in [0.3, 0.4) is 0 Å². The first-order valence-corrected chi connectivity index (χ1v) is 11.8. The van der Waals surface area contributed by atoms with Crippen molar-refractivity contribution in [2.24, 2.45) is 0 Å². The third-order valence-corrected chi connectivity index (χ3v) is 9.61. The van der Waals surface area contributed by atoms with Crippen LogP contribution in [0.4, 0.5) is 5.82 Å². The minimum atomic E-state index is -2.29. The molecular formula is C17H29N3O6Si. The zero-order valence-electron chi connectivity index (χ0n) is 16.6. The van der Waals surface area contributed by atoms with Crippen molar-refractivity contribution >= 4 is 20.0 Å². The molecule has 4 atom stereocenters. The number of hydrogen-bond donors (Lipinski definition) is 3. The SMILES string of the molecule is CC(=O)Nc1ccn(C2OC(CO)C(O)C2O[Si](C)(C)C(C)(C)C)c(=O)n1. The van der Waals surface area contributed by atoms with Crippen molar-refractivity contribution in [2.45, 2.75) is 70.4 Å².